The number of sulfone groups is 1. The van der Waals surface area contributed by atoms with Crippen LogP contribution in [0, 0.1) is 0 Å². The number of hydrogen-bond acceptors (Lipinski definition) is 6. The molecular formula is C14H20O6S. The molecule has 7 heteroatoms. The molecule has 0 N–H and O–H groups in total. The van der Waals surface area contributed by atoms with Crippen molar-refractivity contribution in [1.29, 1.82) is 0 Å². The van der Waals surface area contributed by atoms with E-state index < -0.39 is 21.1 Å². The van der Waals surface area contributed by atoms with E-state index in [0.717, 1.165) is 0 Å². The van der Waals surface area contributed by atoms with E-state index in [1.165, 1.54) is 14.0 Å². The van der Waals surface area contributed by atoms with Gasteiger partial charge in [0.1, 0.15) is 18.1 Å². The Bertz CT molecular complexity index is 549. The molecule has 0 aliphatic carbocycles. The van der Waals surface area contributed by atoms with Crippen LogP contribution in [-0.4, -0.2) is 46.2 Å². The van der Waals surface area contributed by atoms with Gasteiger partial charge in [0, 0.05) is 0 Å². The largest absolute Gasteiger partial charge is 0.497 e. The highest BCUT2D eigenvalue weighted by molar-refractivity contribution is 7.92. The van der Waals surface area contributed by atoms with Crippen molar-refractivity contribution >= 4 is 15.8 Å². The van der Waals surface area contributed by atoms with Crippen LogP contribution in [-0.2, 0) is 19.4 Å². The van der Waals surface area contributed by atoms with Crippen molar-refractivity contribution in [2.24, 2.45) is 0 Å². The maximum absolute atomic E-state index is 12.0. The third-order valence-electron chi connectivity index (χ3n) is 2.99. The van der Waals surface area contributed by atoms with Gasteiger partial charge >= 0.3 is 5.97 Å². The van der Waals surface area contributed by atoms with Crippen molar-refractivity contribution in [3.63, 3.8) is 0 Å². The Hall–Kier alpha value is -1.76. The van der Waals surface area contributed by atoms with E-state index in [1.54, 1.807) is 31.4 Å². The van der Waals surface area contributed by atoms with Crippen LogP contribution in [0.3, 0.4) is 0 Å². The van der Waals surface area contributed by atoms with E-state index >= 15 is 0 Å². The van der Waals surface area contributed by atoms with Crippen LogP contribution in [0.15, 0.2) is 24.3 Å². The van der Waals surface area contributed by atoms with Crippen LogP contribution < -0.4 is 9.47 Å². The van der Waals surface area contributed by atoms with Crippen molar-refractivity contribution in [3.8, 4) is 11.5 Å². The summed E-state index contributed by atoms with van der Waals surface area (Å²) in [6, 6.07) is 6.85. The predicted molar refractivity (Wildman–Crippen MR) is 78.4 cm³/mol. The second-order valence-electron chi connectivity index (χ2n) is 4.48. The first-order valence-corrected chi connectivity index (χ1v) is 8.16. The number of esters is 1. The van der Waals surface area contributed by atoms with Gasteiger partial charge in [-0.05, 0) is 31.2 Å². The highest BCUT2D eigenvalue weighted by atomic mass is 32.2. The first kappa shape index (κ1) is 17.3. The second kappa shape index (κ2) is 7.87. The van der Waals surface area contributed by atoms with E-state index in [-0.39, 0.29) is 18.8 Å². The number of methoxy groups -OCH3 is 2. The summed E-state index contributed by atoms with van der Waals surface area (Å²) in [4.78, 5) is 11.1. The van der Waals surface area contributed by atoms with Crippen LogP contribution in [0.4, 0.5) is 0 Å². The molecule has 1 rings (SSSR count). The highest BCUT2D eigenvalue weighted by Gasteiger charge is 2.23. The molecule has 1 atom stereocenters. The molecule has 0 aliphatic rings. The summed E-state index contributed by atoms with van der Waals surface area (Å²) in [7, 11) is -0.608. The molecule has 0 aliphatic heterocycles. The summed E-state index contributed by atoms with van der Waals surface area (Å²) in [5, 5.41) is -0.788. The summed E-state index contributed by atoms with van der Waals surface area (Å²) in [6.45, 7) is 1.51. The fourth-order valence-corrected chi connectivity index (χ4v) is 2.70. The average Bonchev–Trinajstić information content (AvgIpc) is 2.47. The molecule has 0 saturated heterocycles. The van der Waals surface area contributed by atoms with Gasteiger partial charge in [-0.25, -0.2) is 8.42 Å². The Morgan fingerprint density at radius 3 is 2.24 bits per heavy atom. The lowest BCUT2D eigenvalue weighted by Gasteiger charge is -2.12. The van der Waals surface area contributed by atoms with Gasteiger partial charge in [-0.2, -0.15) is 0 Å². The second-order valence-corrected chi connectivity index (χ2v) is 7.02. The van der Waals surface area contributed by atoms with Crippen LogP contribution >= 0.6 is 0 Å². The van der Waals surface area contributed by atoms with E-state index in [2.05, 4.69) is 4.74 Å². The quantitative estimate of drug-likeness (QED) is 0.675. The third kappa shape index (κ3) is 5.63. The minimum Gasteiger partial charge on any atom is -0.497 e. The fraction of sp³-hybridized carbons (Fsp3) is 0.500. The highest BCUT2D eigenvalue weighted by Crippen LogP contribution is 2.17. The molecule has 1 aromatic rings. The monoisotopic (exact) mass is 316 g/mol. The van der Waals surface area contributed by atoms with Gasteiger partial charge in [-0.1, -0.05) is 0 Å². The zero-order chi connectivity index (χ0) is 15.9. The molecule has 118 valence electrons. The molecule has 0 amide bonds. The van der Waals surface area contributed by atoms with E-state index in [0.29, 0.717) is 11.5 Å². The molecule has 1 unspecified atom stereocenters. The van der Waals surface area contributed by atoms with Gasteiger partial charge in [0.2, 0.25) is 0 Å². The molecule has 6 nitrogen and oxygen atoms in total. The average molecular weight is 316 g/mol. The molecular weight excluding hydrogens is 296 g/mol. The minimum atomic E-state index is -3.40. The van der Waals surface area contributed by atoms with Crippen molar-refractivity contribution in [2.45, 2.75) is 18.6 Å². The van der Waals surface area contributed by atoms with Gasteiger partial charge in [0.05, 0.1) is 31.6 Å². The van der Waals surface area contributed by atoms with Gasteiger partial charge < -0.3 is 14.2 Å². The standard InChI is InChI=1S/C14H20O6S/c1-11(10-14(15)19-3)21(16,17)9-8-20-13-6-4-12(18-2)5-7-13/h4-7,11H,8-10H2,1-3H3. The molecule has 0 aromatic heterocycles. The molecule has 0 saturated carbocycles. The zero-order valence-electron chi connectivity index (χ0n) is 12.4. The smallest absolute Gasteiger partial charge is 0.306 e. The van der Waals surface area contributed by atoms with Crippen molar-refractivity contribution in [3.05, 3.63) is 24.3 Å². The number of hydrogen-bond donors (Lipinski definition) is 0. The summed E-state index contributed by atoms with van der Waals surface area (Å²) in [5.41, 5.74) is 0. The van der Waals surface area contributed by atoms with Gasteiger partial charge in [0.15, 0.2) is 9.84 Å². The first-order valence-electron chi connectivity index (χ1n) is 6.44. The van der Waals surface area contributed by atoms with Gasteiger partial charge in [-0.3, -0.25) is 4.79 Å². The molecule has 0 spiro atoms. The summed E-state index contributed by atoms with van der Waals surface area (Å²) in [6.07, 6.45) is -0.151. The Balaban J connectivity index is 2.47. The lowest BCUT2D eigenvalue weighted by molar-refractivity contribution is -0.140. The molecule has 0 radical (unpaired) electrons. The van der Waals surface area contributed by atoms with Gasteiger partial charge in [-0.15, -0.1) is 0 Å². The molecule has 0 heterocycles. The molecule has 21 heavy (non-hydrogen) atoms. The van der Waals surface area contributed by atoms with Crippen molar-refractivity contribution in [2.75, 3.05) is 26.6 Å². The number of benzene rings is 1. The Kier molecular flexibility index (Phi) is 6.48. The lowest BCUT2D eigenvalue weighted by Crippen LogP contribution is -2.27. The normalized spacial score (nSPS) is 12.5. The summed E-state index contributed by atoms with van der Waals surface area (Å²) < 4.78 is 38.8. The molecule has 0 bridgehead atoms. The molecule has 0 fully saturated rings. The topological polar surface area (TPSA) is 78.9 Å². The maximum Gasteiger partial charge on any atom is 0.306 e. The van der Waals surface area contributed by atoms with Crippen molar-refractivity contribution in [1.82, 2.24) is 0 Å². The SMILES string of the molecule is COC(=O)CC(C)S(=O)(=O)CCOc1ccc(OC)cc1. The first-order chi connectivity index (χ1) is 9.89. The predicted octanol–water partition coefficient (Wildman–Crippen LogP) is 1.44. The number of carbonyl (C=O) groups excluding carboxylic acids is 1. The third-order valence-corrected chi connectivity index (χ3v) is 5.12. The summed E-state index contributed by atoms with van der Waals surface area (Å²) >= 11 is 0. The lowest BCUT2D eigenvalue weighted by atomic mass is 10.3. The zero-order valence-corrected chi connectivity index (χ0v) is 13.2. The number of ether oxygens (including phenoxy) is 3. The van der Waals surface area contributed by atoms with Crippen LogP contribution in [0.2, 0.25) is 0 Å². The fourth-order valence-electron chi connectivity index (χ4n) is 1.59. The number of rotatable bonds is 8. The van der Waals surface area contributed by atoms with Crippen LogP contribution in [0.5, 0.6) is 11.5 Å². The van der Waals surface area contributed by atoms with Crippen LogP contribution in [0.25, 0.3) is 0 Å². The summed E-state index contributed by atoms with van der Waals surface area (Å²) in [5.74, 6) is 0.562. The van der Waals surface area contributed by atoms with Crippen LogP contribution in [0.1, 0.15) is 13.3 Å². The van der Waals surface area contributed by atoms with Crippen molar-refractivity contribution < 1.29 is 27.4 Å². The van der Waals surface area contributed by atoms with E-state index in [1.807, 2.05) is 0 Å². The molecule has 1 aromatic carbocycles. The maximum atomic E-state index is 12.0. The van der Waals surface area contributed by atoms with E-state index in [4.69, 9.17) is 9.47 Å². The van der Waals surface area contributed by atoms with Gasteiger partial charge in [0.25, 0.3) is 0 Å². The van der Waals surface area contributed by atoms with E-state index in [9.17, 15) is 13.2 Å². The Morgan fingerprint density at radius 1 is 1.14 bits per heavy atom. The number of carbonyl (C=O) groups is 1. The minimum absolute atomic E-state index is 0.0280. The Labute approximate surface area is 124 Å². The Morgan fingerprint density at radius 2 is 1.71 bits per heavy atom.